The van der Waals surface area contributed by atoms with Crippen molar-refractivity contribution in [1.82, 2.24) is 15.0 Å². The summed E-state index contributed by atoms with van der Waals surface area (Å²) in [6, 6.07) is 11.9. The summed E-state index contributed by atoms with van der Waals surface area (Å²) < 4.78 is 18.8. The Balaban J connectivity index is 1.96. The van der Waals surface area contributed by atoms with Crippen molar-refractivity contribution >= 4 is 21.9 Å². The normalized spacial score (nSPS) is 11.2. The van der Waals surface area contributed by atoms with Crippen molar-refractivity contribution in [3.8, 4) is 17.1 Å². The average Bonchev–Trinajstić information content (AvgIpc) is 2.97. The van der Waals surface area contributed by atoms with E-state index in [1.165, 1.54) is 19.2 Å². The number of halogens is 1. The lowest BCUT2D eigenvalue weighted by Gasteiger charge is -2.05. The summed E-state index contributed by atoms with van der Waals surface area (Å²) in [4.78, 5) is 22.6. The van der Waals surface area contributed by atoms with E-state index in [1.807, 2.05) is 24.3 Å². The van der Waals surface area contributed by atoms with Gasteiger partial charge in [0.05, 0.1) is 29.2 Å². The highest BCUT2D eigenvalue weighted by atomic mass is 19.1. The summed E-state index contributed by atoms with van der Waals surface area (Å²) in [5, 5.41) is 0.568. The molecule has 0 bridgehead atoms. The number of hydrogen-bond acceptors (Lipinski definition) is 3. The number of ether oxygens (including phenoxy) is 1. The monoisotopic (exact) mass is 309 g/mol. The van der Waals surface area contributed by atoms with Crippen LogP contribution in [0, 0.1) is 5.82 Å². The number of nitrogens with one attached hydrogen (secondary N) is 2. The molecular formula is C17H12FN3O2. The second kappa shape index (κ2) is 4.95. The molecule has 4 aromatic rings. The van der Waals surface area contributed by atoms with E-state index >= 15 is 0 Å². The van der Waals surface area contributed by atoms with Crippen LogP contribution in [0.15, 0.2) is 47.3 Å². The third kappa shape index (κ3) is 2.15. The highest BCUT2D eigenvalue weighted by Gasteiger charge is 2.12. The molecule has 0 saturated heterocycles. The van der Waals surface area contributed by atoms with Gasteiger partial charge >= 0.3 is 0 Å². The number of H-pyrrole nitrogens is 2. The van der Waals surface area contributed by atoms with E-state index in [4.69, 9.17) is 4.74 Å². The van der Waals surface area contributed by atoms with Crippen molar-refractivity contribution in [2.24, 2.45) is 0 Å². The summed E-state index contributed by atoms with van der Waals surface area (Å²) in [6.07, 6.45) is 0. The minimum Gasteiger partial charge on any atom is -0.494 e. The SMILES string of the molecule is COc1cc2[nH]c(=O)c(-c3nc4ccccc4[nH]3)cc2cc1F. The van der Waals surface area contributed by atoms with E-state index in [-0.39, 0.29) is 11.3 Å². The lowest BCUT2D eigenvalue weighted by molar-refractivity contribution is 0.387. The minimum atomic E-state index is -0.484. The van der Waals surface area contributed by atoms with Gasteiger partial charge in [-0.3, -0.25) is 4.79 Å². The third-order valence-corrected chi connectivity index (χ3v) is 3.76. The molecule has 0 amide bonds. The Labute approximate surface area is 129 Å². The second-order valence-electron chi connectivity index (χ2n) is 5.19. The van der Waals surface area contributed by atoms with Crippen LogP contribution >= 0.6 is 0 Å². The van der Waals surface area contributed by atoms with Crippen LogP contribution in [0.4, 0.5) is 4.39 Å². The van der Waals surface area contributed by atoms with Crippen molar-refractivity contribution in [2.45, 2.75) is 0 Å². The first kappa shape index (κ1) is 13.5. The van der Waals surface area contributed by atoms with Crippen LogP contribution in [0.1, 0.15) is 0 Å². The molecule has 0 aliphatic carbocycles. The topological polar surface area (TPSA) is 70.8 Å². The predicted molar refractivity (Wildman–Crippen MR) is 86.2 cm³/mol. The van der Waals surface area contributed by atoms with Crippen LogP contribution < -0.4 is 10.3 Å². The molecule has 5 nitrogen and oxygen atoms in total. The molecule has 0 spiro atoms. The van der Waals surface area contributed by atoms with E-state index in [0.29, 0.717) is 22.3 Å². The van der Waals surface area contributed by atoms with Crippen molar-refractivity contribution in [1.29, 1.82) is 0 Å². The second-order valence-corrected chi connectivity index (χ2v) is 5.19. The molecule has 6 heteroatoms. The highest BCUT2D eigenvalue weighted by molar-refractivity contribution is 5.85. The summed E-state index contributed by atoms with van der Waals surface area (Å²) in [5.74, 6) is 0.0535. The molecule has 114 valence electrons. The maximum absolute atomic E-state index is 13.9. The number of nitrogens with zero attached hydrogens (tertiary/aromatic N) is 1. The van der Waals surface area contributed by atoms with E-state index in [9.17, 15) is 9.18 Å². The molecule has 0 aliphatic heterocycles. The van der Waals surface area contributed by atoms with Gasteiger partial charge in [0, 0.05) is 11.5 Å². The number of rotatable bonds is 2. The molecular weight excluding hydrogens is 297 g/mol. The summed E-state index contributed by atoms with van der Waals surface area (Å²) in [5.41, 5.74) is 2.17. The zero-order chi connectivity index (χ0) is 16.0. The fourth-order valence-electron chi connectivity index (χ4n) is 2.62. The predicted octanol–water partition coefficient (Wildman–Crippen LogP) is 3.22. The van der Waals surface area contributed by atoms with Gasteiger partial charge in [-0.25, -0.2) is 9.37 Å². The molecule has 0 fully saturated rings. The van der Waals surface area contributed by atoms with Crippen LogP contribution in [-0.2, 0) is 0 Å². The van der Waals surface area contributed by atoms with Gasteiger partial charge in [-0.15, -0.1) is 0 Å². The Hall–Kier alpha value is -3.15. The number of pyridine rings is 1. The Morgan fingerprint density at radius 1 is 1.09 bits per heavy atom. The first-order valence-electron chi connectivity index (χ1n) is 7.01. The lowest BCUT2D eigenvalue weighted by Crippen LogP contribution is -2.09. The Morgan fingerprint density at radius 3 is 2.70 bits per heavy atom. The first-order chi connectivity index (χ1) is 11.2. The van der Waals surface area contributed by atoms with Gasteiger partial charge < -0.3 is 14.7 Å². The zero-order valence-corrected chi connectivity index (χ0v) is 12.2. The first-order valence-corrected chi connectivity index (χ1v) is 7.01. The van der Waals surface area contributed by atoms with Gasteiger partial charge in [0.15, 0.2) is 11.6 Å². The van der Waals surface area contributed by atoms with E-state index < -0.39 is 5.82 Å². The standard InChI is InChI=1S/C17H12FN3O2/c1-23-15-8-14-9(7-11(15)18)6-10(17(22)21-14)16-19-12-4-2-3-5-13(12)20-16/h2-8H,1H3,(H,19,20)(H,21,22). The Morgan fingerprint density at radius 2 is 1.91 bits per heavy atom. The molecule has 0 atom stereocenters. The molecule has 4 rings (SSSR count). The van der Waals surface area contributed by atoms with Crippen molar-refractivity contribution in [2.75, 3.05) is 7.11 Å². The molecule has 0 saturated carbocycles. The van der Waals surface area contributed by atoms with Gasteiger partial charge in [0.2, 0.25) is 0 Å². The third-order valence-electron chi connectivity index (χ3n) is 3.76. The summed E-state index contributed by atoms with van der Waals surface area (Å²) in [7, 11) is 1.38. The van der Waals surface area contributed by atoms with Crippen LogP contribution in [0.2, 0.25) is 0 Å². The van der Waals surface area contributed by atoms with Gasteiger partial charge in [-0.2, -0.15) is 0 Å². The van der Waals surface area contributed by atoms with Gasteiger partial charge in [-0.05, 0) is 24.3 Å². The number of aromatic nitrogens is 3. The van der Waals surface area contributed by atoms with E-state index in [0.717, 1.165) is 11.0 Å². The van der Waals surface area contributed by atoms with Crippen LogP contribution in [0.5, 0.6) is 5.75 Å². The largest absolute Gasteiger partial charge is 0.494 e. The highest BCUT2D eigenvalue weighted by Crippen LogP contribution is 2.25. The van der Waals surface area contributed by atoms with Crippen molar-refractivity contribution in [3.63, 3.8) is 0 Å². The molecule has 0 unspecified atom stereocenters. The molecule has 0 aliphatic rings. The molecule has 2 aromatic heterocycles. The molecule has 2 aromatic carbocycles. The number of imidazole rings is 1. The molecule has 23 heavy (non-hydrogen) atoms. The number of para-hydroxylation sites is 2. The smallest absolute Gasteiger partial charge is 0.259 e. The van der Waals surface area contributed by atoms with E-state index in [2.05, 4.69) is 15.0 Å². The fourth-order valence-corrected chi connectivity index (χ4v) is 2.62. The molecule has 0 radical (unpaired) electrons. The van der Waals surface area contributed by atoms with Crippen molar-refractivity contribution < 1.29 is 9.13 Å². The minimum absolute atomic E-state index is 0.0876. The number of benzene rings is 2. The number of methoxy groups -OCH3 is 1. The van der Waals surface area contributed by atoms with Crippen LogP contribution in [0.3, 0.4) is 0 Å². The van der Waals surface area contributed by atoms with Gasteiger partial charge in [0.1, 0.15) is 5.82 Å². The van der Waals surface area contributed by atoms with Gasteiger partial charge in [-0.1, -0.05) is 12.1 Å². The lowest BCUT2D eigenvalue weighted by atomic mass is 10.1. The fraction of sp³-hybridized carbons (Fsp3) is 0.0588. The molecule has 2 heterocycles. The quantitative estimate of drug-likeness (QED) is 0.597. The summed E-state index contributed by atoms with van der Waals surface area (Å²) in [6.45, 7) is 0. The number of aromatic amines is 2. The maximum Gasteiger partial charge on any atom is 0.259 e. The van der Waals surface area contributed by atoms with Crippen LogP contribution in [0.25, 0.3) is 33.3 Å². The Kier molecular flexibility index (Phi) is 2.90. The average molecular weight is 309 g/mol. The van der Waals surface area contributed by atoms with Gasteiger partial charge in [0.25, 0.3) is 5.56 Å². The zero-order valence-electron chi connectivity index (χ0n) is 12.2. The van der Waals surface area contributed by atoms with Crippen LogP contribution in [-0.4, -0.2) is 22.1 Å². The molecule has 2 N–H and O–H groups in total. The van der Waals surface area contributed by atoms with E-state index in [1.54, 1.807) is 6.07 Å². The van der Waals surface area contributed by atoms with Crippen molar-refractivity contribution in [3.05, 3.63) is 58.6 Å². The number of fused-ring (bicyclic) bond motifs is 2. The maximum atomic E-state index is 13.9. The summed E-state index contributed by atoms with van der Waals surface area (Å²) >= 11 is 0. The number of hydrogen-bond donors (Lipinski definition) is 2. The Bertz CT molecular complexity index is 1070.